The van der Waals surface area contributed by atoms with Crippen molar-refractivity contribution in [1.82, 2.24) is 15.5 Å². The highest BCUT2D eigenvalue weighted by Crippen LogP contribution is 2.13. The Kier molecular flexibility index (Phi) is 10.5. The number of rotatable bonds is 9. The summed E-state index contributed by atoms with van der Waals surface area (Å²) in [5.41, 5.74) is 0.688. The fourth-order valence-electron chi connectivity index (χ4n) is 2.66. The molecule has 142 valence electrons. The van der Waals surface area contributed by atoms with Gasteiger partial charge in [0.25, 0.3) is 5.91 Å². The number of benzene rings is 1. The van der Waals surface area contributed by atoms with E-state index in [2.05, 4.69) is 29.4 Å². The molecule has 0 saturated carbocycles. The van der Waals surface area contributed by atoms with Crippen molar-refractivity contribution in [1.29, 1.82) is 0 Å². The molecule has 0 aliphatic carbocycles. The van der Waals surface area contributed by atoms with Gasteiger partial charge in [-0.25, -0.2) is 0 Å². The summed E-state index contributed by atoms with van der Waals surface area (Å²) < 4.78 is 5.67. The van der Waals surface area contributed by atoms with E-state index in [1.807, 2.05) is 24.3 Å². The minimum Gasteiger partial charge on any atom is -0.494 e. The SMILES string of the molecule is CC(C)CCOc1ccc(C(=O)NCCCN2CCNCC2)cc1.Cl. The van der Waals surface area contributed by atoms with Gasteiger partial charge in [0.1, 0.15) is 5.75 Å². The van der Waals surface area contributed by atoms with Crippen molar-refractivity contribution < 1.29 is 9.53 Å². The fraction of sp³-hybridized carbons (Fsp3) is 0.632. The molecule has 0 aromatic heterocycles. The summed E-state index contributed by atoms with van der Waals surface area (Å²) in [4.78, 5) is 14.6. The molecular formula is C19H32ClN3O2. The summed E-state index contributed by atoms with van der Waals surface area (Å²) in [5, 5.41) is 6.34. The van der Waals surface area contributed by atoms with Gasteiger partial charge in [-0.05, 0) is 49.6 Å². The first kappa shape index (κ1) is 21.7. The van der Waals surface area contributed by atoms with Gasteiger partial charge in [-0.15, -0.1) is 12.4 Å². The lowest BCUT2D eigenvalue weighted by atomic mass is 10.1. The third-order valence-corrected chi connectivity index (χ3v) is 4.23. The molecule has 25 heavy (non-hydrogen) atoms. The van der Waals surface area contributed by atoms with Crippen LogP contribution in [-0.2, 0) is 0 Å². The van der Waals surface area contributed by atoms with E-state index in [-0.39, 0.29) is 18.3 Å². The molecule has 1 aliphatic rings. The van der Waals surface area contributed by atoms with E-state index in [1.54, 1.807) is 0 Å². The topological polar surface area (TPSA) is 53.6 Å². The van der Waals surface area contributed by atoms with E-state index in [0.29, 0.717) is 11.5 Å². The van der Waals surface area contributed by atoms with Crippen molar-refractivity contribution in [3.05, 3.63) is 29.8 Å². The van der Waals surface area contributed by atoms with E-state index >= 15 is 0 Å². The lowest BCUT2D eigenvalue weighted by molar-refractivity contribution is 0.0951. The lowest BCUT2D eigenvalue weighted by Crippen LogP contribution is -2.44. The van der Waals surface area contributed by atoms with Crippen LogP contribution < -0.4 is 15.4 Å². The first-order chi connectivity index (χ1) is 11.6. The van der Waals surface area contributed by atoms with E-state index < -0.39 is 0 Å². The molecule has 1 heterocycles. The smallest absolute Gasteiger partial charge is 0.251 e. The molecule has 2 rings (SSSR count). The summed E-state index contributed by atoms with van der Waals surface area (Å²) >= 11 is 0. The molecule has 2 N–H and O–H groups in total. The number of hydrogen-bond donors (Lipinski definition) is 2. The van der Waals surface area contributed by atoms with Crippen LogP contribution in [-0.4, -0.2) is 56.7 Å². The van der Waals surface area contributed by atoms with Crippen LogP contribution in [0.25, 0.3) is 0 Å². The molecule has 0 spiro atoms. The normalized spacial score (nSPS) is 14.8. The second-order valence-corrected chi connectivity index (χ2v) is 6.76. The number of amides is 1. The van der Waals surface area contributed by atoms with Crippen LogP contribution in [0.5, 0.6) is 5.75 Å². The molecule has 1 aromatic carbocycles. The van der Waals surface area contributed by atoms with Gasteiger partial charge in [-0.2, -0.15) is 0 Å². The van der Waals surface area contributed by atoms with Crippen molar-refractivity contribution in [2.24, 2.45) is 5.92 Å². The summed E-state index contributed by atoms with van der Waals surface area (Å²) in [6, 6.07) is 7.40. The van der Waals surface area contributed by atoms with Crippen LogP contribution >= 0.6 is 12.4 Å². The maximum Gasteiger partial charge on any atom is 0.251 e. The number of carbonyl (C=O) groups excluding carboxylic acids is 1. The highest BCUT2D eigenvalue weighted by Gasteiger charge is 2.09. The molecule has 6 heteroatoms. The summed E-state index contributed by atoms with van der Waals surface area (Å²) in [7, 11) is 0. The van der Waals surface area contributed by atoms with Crippen LogP contribution in [0.2, 0.25) is 0 Å². The largest absolute Gasteiger partial charge is 0.494 e. The quantitative estimate of drug-likeness (QED) is 0.657. The van der Waals surface area contributed by atoms with E-state index in [9.17, 15) is 4.79 Å². The van der Waals surface area contributed by atoms with Crippen LogP contribution in [0.3, 0.4) is 0 Å². The third kappa shape index (κ3) is 8.56. The molecule has 1 aliphatic heterocycles. The Morgan fingerprint density at radius 3 is 2.56 bits per heavy atom. The second-order valence-electron chi connectivity index (χ2n) is 6.76. The zero-order valence-corrected chi connectivity index (χ0v) is 16.2. The lowest BCUT2D eigenvalue weighted by Gasteiger charge is -2.27. The number of nitrogens with zero attached hydrogens (tertiary/aromatic N) is 1. The Morgan fingerprint density at radius 2 is 1.92 bits per heavy atom. The molecule has 5 nitrogen and oxygen atoms in total. The van der Waals surface area contributed by atoms with Crippen molar-refractivity contribution in [2.45, 2.75) is 26.7 Å². The molecule has 0 atom stereocenters. The molecule has 1 amide bonds. The molecule has 0 radical (unpaired) electrons. The predicted octanol–water partition coefficient (Wildman–Crippen LogP) is 2.56. The van der Waals surface area contributed by atoms with E-state index in [0.717, 1.165) is 64.5 Å². The average Bonchev–Trinajstić information content (AvgIpc) is 2.60. The fourth-order valence-corrected chi connectivity index (χ4v) is 2.66. The average molecular weight is 370 g/mol. The van der Waals surface area contributed by atoms with Gasteiger partial charge in [-0.3, -0.25) is 4.79 Å². The highest BCUT2D eigenvalue weighted by atomic mass is 35.5. The second kappa shape index (κ2) is 12.1. The minimum absolute atomic E-state index is 0. The first-order valence-electron chi connectivity index (χ1n) is 9.09. The predicted molar refractivity (Wildman–Crippen MR) is 105 cm³/mol. The Hall–Kier alpha value is -1.30. The Balaban J connectivity index is 0.00000312. The zero-order chi connectivity index (χ0) is 17.2. The van der Waals surface area contributed by atoms with Gasteiger partial charge < -0.3 is 20.3 Å². The maximum absolute atomic E-state index is 12.1. The van der Waals surface area contributed by atoms with E-state index in [1.165, 1.54) is 0 Å². The monoisotopic (exact) mass is 369 g/mol. The third-order valence-electron chi connectivity index (χ3n) is 4.23. The van der Waals surface area contributed by atoms with Gasteiger partial charge >= 0.3 is 0 Å². The molecular weight excluding hydrogens is 338 g/mol. The van der Waals surface area contributed by atoms with Crippen LogP contribution in [0.4, 0.5) is 0 Å². The van der Waals surface area contributed by atoms with Crippen LogP contribution in [0.15, 0.2) is 24.3 Å². The maximum atomic E-state index is 12.1. The summed E-state index contributed by atoms with van der Waals surface area (Å²) in [5.74, 6) is 1.45. The highest BCUT2D eigenvalue weighted by molar-refractivity contribution is 5.94. The molecule has 1 saturated heterocycles. The Bertz CT molecular complexity index is 488. The van der Waals surface area contributed by atoms with E-state index in [4.69, 9.17) is 4.74 Å². The van der Waals surface area contributed by atoms with Gasteiger partial charge in [0.15, 0.2) is 0 Å². The van der Waals surface area contributed by atoms with Crippen molar-refractivity contribution in [3.63, 3.8) is 0 Å². The van der Waals surface area contributed by atoms with Gasteiger partial charge in [0, 0.05) is 38.3 Å². The number of carbonyl (C=O) groups is 1. The van der Waals surface area contributed by atoms with Crippen LogP contribution in [0, 0.1) is 5.92 Å². The standard InChI is InChI=1S/C19H31N3O2.ClH/c1-16(2)8-15-24-18-6-4-17(5-7-18)19(23)21-9-3-12-22-13-10-20-11-14-22;/h4-7,16,20H,3,8-15H2,1-2H3,(H,21,23);1H. The van der Waals surface area contributed by atoms with Gasteiger partial charge in [0.05, 0.1) is 6.61 Å². The number of halogens is 1. The summed E-state index contributed by atoms with van der Waals surface area (Å²) in [6.07, 6.45) is 2.03. The molecule has 0 unspecified atom stereocenters. The van der Waals surface area contributed by atoms with Crippen molar-refractivity contribution in [3.8, 4) is 5.75 Å². The summed E-state index contributed by atoms with van der Waals surface area (Å²) in [6.45, 7) is 11.2. The molecule has 1 fully saturated rings. The molecule has 0 bridgehead atoms. The number of ether oxygens (including phenoxy) is 1. The number of piperazine rings is 1. The Labute approximate surface area is 157 Å². The van der Waals surface area contributed by atoms with Crippen molar-refractivity contribution in [2.75, 3.05) is 45.9 Å². The van der Waals surface area contributed by atoms with Gasteiger partial charge in [0.2, 0.25) is 0 Å². The van der Waals surface area contributed by atoms with Gasteiger partial charge in [-0.1, -0.05) is 13.8 Å². The minimum atomic E-state index is -0.0101. The molecule has 1 aromatic rings. The number of hydrogen-bond acceptors (Lipinski definition) is 4. The zero-order valence-electron chi connectivity index (χ0n) is 15.4. The number of nitrogens with one attached hydrogen (secondary N) is 2. The first-order valence-corrected chi connectivity index (χ1v) is 9.09. The van der Waals surface area contributed by atoms with Crippen LogP contribution in [0.1, 0.15) is 37.0 Å². The Morgan fingerprint density at radius 1 is 1.24 bits per heavy atom. The van der Waals surface area contributed by atoms with Crippen molar-refractivity contribution >= 4 is 18.3 Å².